The number of hydrogen-bond donors (Lipinski definition) is 1. The molecule has 0 aliphatic heterocycles. The molecule has 1 aliphatic rings. The summed E-state index contributed by atoms with van der Waals surface area (Å²) in [7, 11) is 2.19. The third-order valence-electron chi connectivity index (χ3n) is 3.62. The van der Waals surface area contributed by atoms with Crippen molar-refractivity contribution in [2.75, 3.05) is 25.5 Å². The van der Waals surface area contributed by atoms with Crippen molar-refractivity contribution in [3.8, 4) is 0 Å². The van der Waals surface area contributed by atoms with E-state index < -0.39 is 0 Å². The van der Waals surface area contributed by atoms with E-state index in [0.29, 0.717) is 0 Å². The monoisotopic (exact) mass is 247 g/mol. The van der Waals surface area contributed by atoms with E-state index >= 15 is 0 Å². The molecule has 1 saturated carbocycles. The highest BCUT2D eigenvalue weighted by Gasteiger charge is 2.32. The Balaban J connectivity index is 1.83. The predicted octanol–water partition coefficient (Wildman–Crippen LogP) is 2.99. The van der Waals surface area contributed by atoms with Gasteiger partial charge >= 0.3 is 0 Å². The Kier molecular flexibility index (Phi) is 4.59. The van der Waals surface area contributed by atoms with Gasteiger partial charge in [-0.3, -0.25) is 0 Å². The van der Waals surface area contributed by atoms with Crippen molar-refractivity contribution in [1.82, 2.24) is 9.88 Å². The van der Waals surface area contributed by atoms with Crippen LogP contribution in [-0.2, 0) is 6.54 Å². The minimum atomic E-state index is 0.913. The Labute approximate surface area is 111 Å². The molecule has 100 valence electrons. The molecule has 0 saturated heterocycles. The van der Waals surface area contributed by atoms with E-state index in [2.05, 4.69) is 48.2 Å². The Hall–Kier alpha value is -1.09. The Morgan fingerprint density at radius 2 is 2.22 bits per heavy atom. The number of nitrogens with one attached hydrogen (secondary N) is 1. The molecule has 2 unspecified atom stereocenters. The van der Waals surface area contributed by atoms with Crippen molar-refractivity contribution in [2.24, 2.45) is 11.8 Å². The highest BCUT2D eigenvalue weighted by atomic mass is 15.1. The summed E-state index contributed by atoms with van der Waals surface area (Å²) >= 11 is 0. The molecule has 0 spiro atoms. The van der Waals surface area contributed by atoms with E-state index in [1.54, 1.807) is 0 Å². The summed E-state index contributed by atoms with van der Waals surface area (Å²) in [4.78, 5) is 7.03. The van der Waals surface area contributed by atoms with Crippen LogP contribution in [0.25, 0.3) is 0 Å². The van der Waals surface area contributed by atoms with Gasteiger partial charge in [0.25, 0.3) is 0 Å². The topological polar surface area (TPSA) is 28.2 Å². The van der Waals surface area contributed by atoms with Crippen molar-refractivity contribution < 1.29 is 0 Å². The van der Waals surface area contributed by atoms with Crippen molar-refractivity contribution >= 4 is 5.82 Å². The number of pyridine rings is 1. The van der Waals surface area contributed by atoms with Gasteiger partial charge in [-0.1, -0.05) is 19.9 Å². The van der Waals surface area contributed by atoms with Crippen LogP contribution in [0.4, 0.5) is 5.82 Å². The first kappa shape index (κ1) is 13.3. The smallest absolute Gasteiger partial charge is 0.126 e. The van der Waals surface area contributed by atoms with Crippen LogP contribution in [0.5, 0.6) is 0 Å². The Morgan fingerprint density at radius 1 is 1.44 bits per heavy atom. The molecule has 0 amide bonds. The van der Waals surface area contributed by atoms with Crippen LogP contribution in [0.2, 0.25) is 0 Å². The number of anilines is 1. The summed E-state index contributed by atoms with van der Waals surface area (Å²) in [6, 6.07) is 6.25. The van der Waals surface area contributed by atoms with Crippen LogP contribution < -0.4 is 5.32 Å². The molecule has 18 heavy (non-hydrogen) atoms. The van der Waals surface area contributed by atoms with E-state index in [-0.39, 0.29) is 0 Å². The SMILES string of the molecule is CCCNc1cccc(CN(C)CC2CC2C)n1. The van der Waals surface area contributed by atoms with Crippen LogP contribution >= 0.6 is 0 Å². The fourth-order valence-corrected chi connectivity index (χ4v) is 2.31. The van der Waals surface area contributed by atoms with Gasteiger partial charge in [-0.2, -0.15) is 0 Å². The van der Waals surface area contributed by atoms with E-state index in [1.807, 2.05) is 6.07 Å². The van der Waals surface area contributed by atoms with Crippen molar-refractivity contribution in [3.05, 3.63) is 23.9 Å². The van der Waals surface area contributed by atoms with Gasteiger partial charge in [0.15, 0.2) is 0 Å². The first-order valence-electron chi connectivity index (χ1n) is 7.07. The molecule has 1 N–H and O–H groups in total. The quantitative estimate of drug-likeness (QED) is 0.803. The molecule has 1 aromatic heterocycles. The normalized spacial score (nSPS) is 22.2. The summed E-state index contributed by atoms with van der Waals surface area (Å²) in [6.07, 6.45) is 2.53. The van der Waals surface area contributed by atoms with Crippen LogP contribution in [-0.4, -0.2) is 30.0 Å². The fourth-order valence-electron chi connectivity index (χ4n) is 2.31. The first-order chi connectivity index (χ1) is 8.69. The summed E-state index contributed by atoms with van der Waals surface area (Å²) < 4.78 is 0. The Morgan fingerprint density at radius 3 is 2.89 bits per heavy atom. The average molecular weight is 247 g/mol. The Bertz CT molecular complexity index is 378. The second-order valence-corrected chi connectivity index (χ2v) is 5.61. The zero-order valence-electron chi connectivity index (χ0n) is 11.8. The third-order valence-corrected chi connectivity index (χ3v) is 3.62. The third kappa shape index (κ3) is 3.98. The molecular weight excluding hydrogens is 222 g/mol. The maximum atomic E-state index is 4.64. The lowest BCUT2D eigenvalue weighted by Gasteiger charge is -2.16. The molecule has 1 aromatic rings. The van der Waals surface area contributed by atoms with E-state index in [0.717, 1.165) is 42.9 Å². The molecule has 0 aromatic carbocycles. The zero-order valence-corrected chi connectivity index (χ0v) is 11.8. The maximum Gasteiger partial charge on any atom is 0.126 e. The fraction of sp³-hybridized carbons (Fsp3) is 0.667. The average Bonchev–Trinajstić information content (AvgIpc) is 3.02. The molecule has 0 bridgehead atoms. The first-order valence-corrected chi connectivity index (χ1v) is 7.07. The number of rotatable bonds is 7. The van der Waals surface area contributed by atoms with Gasteiger partial charge < -0.3 is 10.2 Å². The van der Waals surface area contributed by atoms with Crippen molar-refractivity contribution in [1.29, 1.82) is 0 Å². The molecule has 3 heteroatoms. The summed E-state index contributed by atoms with van der Waals surface area (Å²) in [5, 5.41) is 3.34. The van der Waals surface area contributed by atoms with E-state index in [4.69, 9.17) is 0 Å². The van der Waals surface area contributed by atoms with Gasteiger partial charge in [0.2, 0.25) is 0 Å². The predicted molar refractivity (Wildman–Crippen MR) is 76.6 cm³/mol. The molecule has 2 rings (SSSR count). The van der Waals surface area contributed by atoms with Gasteiger partial charge in [-0.15, -0.1) is 0 Å². The van der Waals surface area contributed by atoms with Gasteiger partial charge in [0.05, 0.1) is 5.69 Å². The van der Waals surface area contributed by atoms with Crippen LogP contribution in [0.15, 0.2) is 18.2 Å². The zero-order chi connectivity index (χ0) is 13.0. The van der Waals surface area contributed by atoms with Gasteiger partial charge in [-0.05, 0) is 43.9 Å². The molecule has 0 radical (unpaired) electrons. The van der Waals surface area contributed by atoms with Crippen LogP contribution in [0, 0.1) is 11.8 Å². The van der Waals surface area contributed by atoms with E-state index in [9.17, 15) is 0 Å². The number of nitrogens with zero attached hydrogens (tertiary/aromatic N) is 2. The highest BCUT2D eigenvalue weighted by Crippen LogP contribution is 2.38. The summed E-state index contributed by atoms with van der Waals surface area (Å²) in [5.74, 6) is 2.84. The molecule has 1 heterocycles. The second kappa shape index (κ2) is 6.19. The van der Waals surface area contributed by atoms with Crippen molar-refractivity contribution in [3.63, 3.8) is 0 Å². The number of aromatic nitrogens is 1. The lowest BCUT2D eigenvalue weighted by atomic mass is 10.3. The van der Waals surface area contributed by atoms with E-state index in [1.165, 1.54) is 13.0 Å². The molecule has 2 atom stereocenters. The molecular formula is C15H25N3. The summed E-state index contributed by atoms with van der Waals surface area (Å²) in [5.41, 5.74) is 1.16. The molecule has 1 fully saturated rings. The second-order valence-electron chi connectivity index (χ2n) is 5.61. The van der Waals surface area contributed by atoms with Gasteiger partial charge in [0, 0.05) is 19.6 Å². The summed E-state index contributed by atoms with van der Waals surface area (Å²) in [6.45, 7) is 7.65. The van der Waals surface area contributed by atoms with Gasteiger partial charge in [-0.25, -0.2) is 4.98 Å². The van der Waals surface area contributed by atoms with Gasteiger partial charge in [0.1, 0.15) is 5.82 Å². The van der Waals surface area contributed by atoms with Crippen LogP contribution in [0.3, 0.4) is 0 Å². The molecule has 3 nitrogen and oxygen atoms in total. The standard InChI is InChI=1S/C15H25N3/c1-4-8-16-15-7-5-6-14(17-15)11-18(3)10-13-9-12(13)2/h5-7,12-13H,4,8-11H2,1-3H3,(H,16,17). The minimum absolute atomic E-state index is 0.913. The minimum Gasteiger partial charge on any atom is -0.370 e. The largest absolute Gasteiger partial charge is 0.370 e. The lowest BCUT2D eigenvalue weighted by molar-refractivity contribution is 0.304. The number of hydrogen-bond acceptors (Lipinski definition) is 3. The molecule has 1 aliphatic carbocycles. The van der Waals surface area contributed by atoms with Crippen LogP contribution in [0.1, 0.15) is 32.4 Å². The maximum absolute atomic E-state index is 4.64. The lowest BCUT2D eigenvalue weighted by Crippen LogP contribution is -2.21. The highest BCUT2D eigenvalue weighted by molar-refractivity contribution is 5.35. The van der Waals surface area contributed by atoms with Crippen molar-refractivity contribution in [2.45, 2.75) is 33.2 Å².